The van der Waals surface area contributed by atoms with Gasteiger partial charge in [0.25, 0.3) is 0 Å². The Hall–Kier alpha value is -2.93. The highest BCUT2D eigenvalue weighted by Gasteiger charge is 2.22. The lowest BCUT2D eigenvalue weighted by Crippen LogP contribution is -2.49. The van der Waals surface area contributed by atoms with Crippen LogP contribution in [0.15, 0.2) is 48.5 Å². The van der Waals surface area contributed by atoms with E-state index in [1.54, 1.807) is 0 Å². The molecule has 1 fully saturated rings. The maximum absolute atomic E-state index is 12.7. The zero-order valence-electron chi connectivity index (χ0n) is 16.3. The zero-order chi connectivity index (χ0) is 20.2. The topological polar surface area (TPSA) is 67.2 Å². The molecule has 0 radical (unpaired) electrons. The molecule has 1 saturated heterocycles. The smallest absolute Gasteiger partial charge is 0.246 e. The van der Waals surface area contributed by atoms with E-state index in [0.717, 1.165) is 35.8 Å². The van der Waals surface area contributed by atoms with Crippen molar-refractivity contribution in [2.75, 3.05) is 31.1 Å². The van der Waals surface area contributed by atoms with Crippen molar-refractivity contribution in [1.82, 2.24) is 25.1 Å². The van der Waals surface area contributed by atoms with Crippen molar-refractivity contribution in [3.05, 3.63) is 59.1 Å². The zero-order valence-corrected chi connectivity index (χ0v) is 17.1. The number of aromatic nitrogens is 4. The fraction of sp³-hybridized carbons (Fsp3) is 0.333. The Morgan fingerprint density at radius 1 is 1.07 bits per heavy atom. The molecule has 0 N–H and O–H groups in total. The number of rotatable bonds is 5. The van der Waals surface area contributed by atoms with Gasteiger partial charge < -0.3 is 9.80 Å². The van der Waals surface area contributed by atoms with Crippen LogP contribution in [0.5, 0.6) is 0 Å². The van der Waals surface area contributed by atoms with Crippen LogP contribution in [-0.2, 0) is 17.8 Å². The third-order valence-corrected chi connectivity index (χ3v) is 5.39. The van der Waals surface area contributed by atoms with Gasteiger partial charge in [-0.25, -0.2) is 0 Å². The second-order valence-electron chi connectivity index (χ2n) is 7.04. The molecule has 0 bridgehead atoms. The predicted octanol–water partition coefficient (Wildman–Crippen LogP) is 2.90. The van der Waals surface area contributed by atoms with Gasteiger partial charge >= 0.3 is 0 Å². The van der Waals surface area contributed by atoms with Crippen LogP contribution in [-0.4, -0.2) is 57.2 Å². The summed E-state index contributed by atoms with van der Waals surface area (Å²) in [5.41, 5.74) is 3.24. The molecule has 8 heteroatoms. The quantitative estimate of drug-likeness (QED) is 0.647. The number of aryl methyl sites for hydroxylation is 1. The summed E-state index contributed by atoms with van der Waals surface area (Å²) in [6, 6.07) is 15.9. The molecule has 4 rings (SSSR count). The number of anilines is 1. The standard InChI is InChI=1S/C21H23ClN6O/c1-2-16-6-8-17(9-7-16)21-23-25-28(24-21)15-20(29)27-12-10-26(11-13-27)19-5-3-4-18(22)14-19/h3-9,14H,2,10-13,15H2,1H3. The lowest BCUT2D eigenvalue weighted by molar-refractivity contribution is -0.132. The number of nitrogens with zero attached hydrogens (tertiary/aromatic N) is 6. The van der Waals surface area contributed by atoms with Crippen LogP contribution >= 0.6 is 11.6 Å². The van der Waals surface area contributed by atoms with E-state index in [1.807, 2.05) is 41.3 Å². The molecule has 2 aromatic carbocycles. The Morgan fingerprint density at radius 2 is 1.83 bits per heavy atom. The summed E-state index contributed by atoms with van der Waals surface area (Å²) in [5, 5.41) is 13.2. The van der Waals surface area contributed by atoms with E-state index in [4.69, 9.17) is 11.6 Å². The molecular formula is C21H23ClN6O. The van der Waals surface area contributed by atoms with E-state index in [9.17, 15) is 4.79 Å². The first kappa shape index (κ1) is 19.4. The van der Waals surface area contributed by atoms with Crippen LogP contribution in [0.4, 0.5) is 5.69 Å². The Bertz CT molecular complexity index is 979. The van der Waals surface area contributed by atoms with Crippen molar-refractivity contribution in [1.29, 1.82) is 0 Å². The Morgan fingerprint density at radius 3 is 2.52 bits per heavy atom. The summed E-state index contributed by atoms with van der Waals surface area (Å²) in [6.45, 7) is 5.07. The number of carbonyl (C=O) groups excluding carboxylic acids is 1. The highest BCUT2D eigenvalue weighted by Crippen LogP contribution is 2.21. The molecule has 0 saturated carbocycles. The largest absolute Gasteiger partial charge is 0.368 e. The van der Waals surface area contributed by atoms with Gasteiger partial charge in [0.2, 0.25) is 11.7 Å². The second-order valence-corrected chi connectivity index (χ2v) is 7.48. The Labute approximate surface area is 174 Å². The summed E-state index contributed by atoms with van der Waals surface area (Å²) >= 11 is 6.08. The molecule has 1 aliphatic rings. The summed E-state index contributed by atoms with van der Waals surface area (Å²) in [7, 11) is 0. The third-order valence-electron chi connectivity index (χ3n) is 5.16. The molecule has 1 aliphatic heterocycles. The van der Waals surface area contributed by atoms with E-state index in [-0.39, 0.29) is 12.5 Å². The predicted molar refractivity (Wildman–Crippen MR) is 113 cm³/mol. The van der Waals surface area contributed by atoms with Gasteiger partial charge in [0, 0.05) is 42.5 Å². The van der Waals surface area contributed by atoms with Crippen molar-refractivity contribution in [2.45, 2.75) is 19.9 Å². The number of hydrogen-bond acceptors (Lipinski definition) is 5. The van der Waals surface area contributed by atoms with E-state index in [1.165, 1.54) is 10.4 Å². The van der Waals surface area contributed by atoms with Gasteiger partial charge in [0.1, 0.15) is 6.54 Å². The molecule has 7 nitrogen and oxygen atoms in total. The van der Waals surface area contributed by atoms with Crippen molar-refractivity contribution >= 4 is 23.2 Å². The van der Waals surface area contributed by atoms with Crippen LogP contribution in [0, 0.1) is 0 Å². The average Bonchev–Trinajstić information content (AvgIpc) is 3.22. The maximum atomic E-state index is 12.7. The third kappa shape index (κ3) is 4.56. The molecular weight excluding hydrogens is 388 g/mol. The van der Waals surface area contributed by atoms with E-state index >= 15 is 0 Å². The van der Waals surface area contributed by atoms with Crippen LogP contribution in [0.1, 0.15) is 12.5 Å². The maximum Gasteiger partial charge on any atom is 0.246 e. The molecule has 0 unspecified atom stereocenters. The molecule has 0 atom stereocenters. The lowest BCUT2D eigenvalue weighted by atomic mass is 10.1. The van der Waals surface area contributed by atoms with Crippen molar-refractivity contribution in [2.24, 2.45) is 0 Å². The monoisotopic (exact) mass is 410 g/mol. The molecule has 1 aromatic heterocycles. The Balaban J connectivity index is 1.34. The van der Waals surface area contributed by atoms with Crippen molar-refractivity contribution in [3.63, 3.8) is 0 Å². The minimum Gasteiger partial charge on any atom is -0.368 e. The molecule has 1 amide bonds. The second kappa shape index (κ2) is 8.61. The molecule has 29 heavy (non-hydrogen) atoms. The van der Waals surface area contributed by atoms with E-state index < -0.39 is 0 Å². The van der Waals surface area contributed by atoms with Gasteiger partial charge in [-0.2, -0.15) is 4.80 Å². The number of piperazine rings is 1. The van der Waals surface area contributed by atoms with Gasteiger partial charge in [0.05, 0.1) is 0 Å². The van der Waals surface area contributed by atoms with Gasteiger partial charge in [-0.15, -0.1) is 10.2 Å². The van der Waals surface area contributed by atoms with Crippen LogP contribution in [0.2, 0.25) is 5.02 Å². The molecule has 2 heterocycles. The van der Waals surface area contributed by atoms with Gasteiger partial charge in [-0.05, 0) is 35.4 Å². The molecule has 0 spiro atoms. The minimum absolute atomic E-state index is 0.000949. The number of amides is 1. The highest BCUT2D eigenvalue weighted by atomic mass is 35.5. The lowest BCUT2D eigenvalue weighted by Gasteiger charge is -2.36. The van der Waals surface area contributed by atoms with Gasteiger partial charge in [-0.1, -0.05) is 48.9 Å². The van der Waals surface area contributed by atoms with Gasteiger partial charge in [-0.3, -0.25) is 4.79 Å². The normalized spacial score (nSPS) is 14.3. The van der Waals surface area contributed by atoms with Crippen molar-refractivity contribution < 1.29 is 4.79 Å². The first-order valence-corrected chi connectivity index (χ1v) is 10.2. The fourth-order valence-corrected chi connectivity index (χ4v) is 3.61. The summed E-state index contributed by atoms with van der Waals surface area (Å²) in [5.74, 6) is 0.534. The number of tetrazole rings is 1. The molecule has 3 aromatic rings. The number of hydrogen-bond donors (Lipinski definition) is 0. The Kier molecular flexibility index (Phi) is 5.76. The van der Waals surface area contributed by atoms with Crippen LogP contribution < -0.4 is 4.90 Å². The summed E-state index contributed by atoms with van der Waals surface area (Å²) in [4.78, 5) is 18.1. The number of carbonyl (C=O) groups is 1. The first-order chi connectivity index (χ1) is 14.1. The van der Waals surface area contributed by atoms with E-state index in [2.05, 4.69) is 39.4 Å². The van der Waals surface area contributed by atoms with Gasteiger partial charge in [0.15, 0.2) is 0 Å². The highest BCUT2D eigenvalue weighted by molar-refractivity contribution is 6.30. The van der Waals surface area contributed by atoms with Crippen molar-refractivity contribution in [3.8, 4) is 11.4 Å². The first-order valence-electron chi connectivity index (χ1n) is 9.78. The van der Waals surface area contributed by atoms with E-state index in [0.29, 0.717) is 18.9 Å². The van der Waals surface area contributed by atoms with Crippen LogP contribution in [0.25, 0.3) is 11.4 Å². The fourth-order valence-electron chi connectivity index (χ4n) is 3.42. The average molecular weight is 411 g/mol. The molecule has 0 aliphatic carbocycles. The SMILES string of the molecule is CCc1ccc(-c2nnn(CC(=O)N3CCN(c4cccc(Cl)c4)CC3)n2)cc1. The minimum atomic E-state index is 0.000949. The van der Waals surface area contributed by atoms with Crippen LogP contribution in [0.3, 0.4) is 0 Å². The number of halogens is 1. The summed E-state index contributed by atoms with van der Waals surface area (Å²) in [6.07, 6.45) is 0.986. The summed E-state index contributed by atoms with van der Waals surface area (Å²) < 4.78 is 0. The molecule has 150 valence electrons. The number of benzene rings is 2.